The summed E-state index contributed by atoms with van der Waals surface area (Å²) < 4.78 is 14.4. The zero-order valence-corrected chi connectivity index (χ0v) is 14.1. The van der Waals surface area contributed by atoms with Crippen molar-refractivity contribution in [2.45, 2.75) is 70.8 Å². The summed E-state index contributed by atoms with van der Waals surface area (Å²) in [7, 11) is 0. The maximum absolute atomic E-state index is 13.9. The molecule has 0 heterocycles. The average Bonchev–Trinajstić information content (AvgIpc) is 2.44. The maximum atomic E-state index is 13.9. The molecule has 1 nitrogen and oxygen atoms in total. The van der Waals surface area contributed by atoms with Crippen molar-refractivity contribution in [3.05, 3.63) is 34.1 Å². The number of hydrogen-bond acceptors (Lipinski definition) is 1. The van der Waals surface area contributed by atoms with Crippen LogP contribution in [0.4, 0.5) is 4.39 Å². The van der Waals surface area contributed by atoms with Gasteiger partial charge in [0.05, 0.1) is 4.47 Å². The first-order chi connectivity index (χ1) is 9.66. The molecule has 1 aromatic rings. The Kier molecular flexibility index (Phi) is 9.12. The summed E-state index contributed by atoms with van der Waals surface area (Å²) in [6.45, 7) is 2.24. The summed E-state index contributed by atoms with van der Waals surface area (Å²) >= 11 is 3.21. The normalized spacial score (nSPS) is 12.6. The van der Waals surface area contributed by atoms with E-state index in [0.717, 1.165) is 12.8 Å². The molecule has 0 saturated carbocycles. The van der Waals surface area contributed by atoms with Gasteiger partial charge in [0, 0.05) is 11.6 Å². The molecule has 0 aliphatic rings. The second-order valence-corrected chi connectivity index (χ2v) is 6.37. The molecule has 0 fully saturated rings. The van der Waals surface area contributed by atoms with Gasteiger partial charge in [0.2, 0.25) is 0 Å². The first kappa shape index (κ1) is 17.6. The molecule has 0 aliphatic heterocycles. The molecule has 0 aromatic heterocycles. The molecule has 0 radical (unpaired) electrons. The van der Waals surface area contributed by atoms with Gasteiger partial charge in [0.15, 0.2) is 0 Å². The largest absolute Gasteiger partial charge is 0.324 e. The van der Waals surface area contributed by atoms with Crippen molar-refractivity contribution in [1.82, 2.24) is 0 Å². The fourth-order valence-electron chi connectivity index (χ4n) is 2.46. The van der Waals surface area contributed by atoms with E-state index < -0.39 is 0 Å². The third kappa shape index (κ3) is 6.36. The van der Waals surface area contributed by atoms with Crippen LogP contribution in [0.2, 0.25) is 0 Å². The predicted molar refractivity (Wildman–Crippen MR) is 88.3 cm³/mol. The Morgan fingerprint density at radius 1 is 1.05 bits per heavy atom. The molecule has 1 aromatic carbocycles. The van der Waals surface area contributed by atoms with Gasteiger partial charge in [0.1, 0.15) is 5.82 Å². The molecule has 2 N–H and O–H groups in total. The van der Waals surface area contributed by atoms with E-state index in [1.54, 1.807) is 12.1 Å². The number of nitrogens with two attached hydrogens (primary N) is 1. The van der Waals surface area contributed by atoms with Crippen molar-refractivity contribution < 1.29 is 4.39 Å². The number of benzene rings is 1. The molecule has 0 amide bonds. The van der Waals surface area contributed by atoms with Crippen LogP contribution >= 0.6 is 15.9 Å². The zero-order chi connectivity index (χ0) is 14.8. The molecule has 1 unspecified atom stereocenters. The Morgan fingerprint density at radius 2 is 1.65 bits per heavy atom. The number of hydrogen-bond donors (Lipinski definition) is 1. The highest BCUT2D eigenvalue weighted by molar-refractivity contribution is 9.10. The van der Waals surface area contributed by atoms with Gasteiger partial charge in [-0.1, -0.05) is 70.4 Å². The maximum Gasteiger partial charge on any atom is 0.142 e. The van der Waals surface area contributed by atoms with Crippen molar-refractivity contribution in [2.24, 2.45) is 5.73 Å². The van der Waals surface area contributed by atoms with E-state index in [1.807, 2.05) is 6.07 Å². The highest BCUT2D eigenvalue weighted by Gasteiger charge is 2.12. The van der Waals surface area contributed by atoms with Gasteiger partial charge in [-0.3, -0.25) is 0 Å². The van der Waals surface area contributed by atoms with E-state index in [9.17, 15) is 4.39 Å². The zero-order valence-electron chi connectivity index (χ0n) is 12.5. The van der Waals surface area contributed by atoms with Crippen LogP contribution < -0.4 is 5.73 Å². The Bertz CT molecular complexity index is 381. The fourth-order valence-corrected chi connectivity index (χ4v) is 2.84. The van der Waals surface area contributed by atoms with Gasteiger partial charge < -0.3 is 5.73 Å². The van der Waals surface area contributed by atoms with Crippen LogP contribution in [0, 0.1) is 5.82 Å². The van der Waals surface area contributed by atoms with Crippen molar-refractivity contribution in [3.8, 4) is 0 Å². The predicted octanol–water partition coefficient (Wildman–Crippen LogP) is 6.12. The second kappa shape index (κ2) is 10.3. The van der Waals surface area contributed by atoms with Crippen LogP contribution in [-0.4, -0.2) is 0 Å². The molecule has 0 bridgehead atoms. The lowest BCUT2D eigenvalue weighted by molar-refractivity contribution is 0.516. The van der Waals surface area contributed by atoms with Crippen LogP contribution in [0.1, 0.15) is 76.3 Å². The van der Waals surface area contributed by atoms with E-state index in [0.29, 0.717) is 10.0 Å². The molecule has 1 atom stereocenters. The summed E-state index contributed by atoms with van der Waals surface area (Å²) in [4.78, 5) is 0. The van der Waals surface area contributed by atoms with E-state index in [1.165, 1.54) is 44.9 Å². The number of halogens is 2. The minimum atomic E-state index is -0.209. The van der Waals surface area contributed by atoms with Gasteiger partial charge in [-0.2, -0.15) is 0 Å². The van der Waals surface area contributed by atoms with Gasteiger partial charge in [-0.05, 0) is 28.4 Å². The first-order valence-electron chi connectivity index (χ1n) is 7.86. The van der Waals surface area contributed by atoms with Crippen LogP contribution in [0.15, 0.2) is 22.7 Å². The van der Waals surface area contributed by atoms with Crippen LogP contribution in [-0.2, 0) is 0 Å². The van der Waals surface area contributed by atoms with Gasteiger partial charge in [0.25, 0.3) is 0 Å². The topological polar surface area (TPSA) is 26.0 Å². The smallest absolute Gasteiger partial charge is 0.142 e. The molecule has 114 valence electrons. The van der Waals surface area contributed by atoms with Crippen molar-refractivity contribution in [3.63, 3.8) is 0 Å². The van der Waals surface area contributed by atoms with Crippen molar-refractivity contribution >= 4 is 15.9 Å². The van der Waals surface area contributed by atoms with E-state index >= 15 is 0 Å². The fraction of sp³-hybridized carbons (Fsp3) is 0.647. The van der Waals surface area contributed by atoms with E-state index in [2.05, 4.69) is 22.9 Å². The molecule has 1 rings (SSSR count). The lowest BCUT2D eigenvalue weighted by Gasteiger charge is -2.13. The molecule has 0 aliphatic carbocycles. The highest BCUT2D eigenvalue weighted by atomic mass is 79.9. The summed E-state index contributed by atoms with van der Waals surface area (Å²) in [6.07, 6.45) is 11.1. The van der Waals surface area contributed by atoms with Crippen LogP contribution in [0.5, 0.6) is 0 Å². The summed E-state index contributed by atoms with van der Waals surface area (Å²) in [6, 6.07) is 5.15. The molecule has 0 saturated heterocycles. The van der Waals surface area contributed by atoms with Gasteiger partial charge >= 0.3 is 0 Å². The Morgan fingerprint density at radius 3 is 2.30 bits per heavy atom. The average molecular weight is 344 g/mol. The van der Waals surface area contributed by atoms with E-state index in [4.69, 9.17) is 5.73 Å². The third-order valence-corrected chi connectivity index (χ3v) is 4.36. The quantitative estimate of drug-likeness (QED) is 0.509. The highest BCUT2D eigenvalue weighted by Crippen LogP contribution is 2.25. The number of unbranched alkanes of at least 4 members (excludes halogenated alkanes) is 7. The minimum absolute atomic E-state index is 0.187. The minimum Gasteiger partial charge on any atom is -0.324 e. The molecule has 3 heteroatoms. The lowest BCUT2D eigenvalue weighted by Crippen LogP contribution is -2.12. The second-order valence-electron chi connectivity index (χ2n) is 5.51. The molecule has 0 spiro atoms. The van der Waals surface area contributed by atoms with E-state index in [-0.39, 0.29) is 11.9 Å². The first-order valence-corrected chi connectivity index (χ1v) is 8.65. The summed E-state index contributed by atoms with van der Waals surface area (Å²) in [5.41, 5.74) is 6.71. The monoisotopic (exact) mass is 343 g/mol. The molecule has 20 heavy (non-hydrogen) atoms. The number of rotatable bonds is 10. The molecular formula is C17H27BrFN. The van der Waals surface area contributed by atoms with Crippen LogP contribution in [0.25, 0.3) is 0 Å². The van der Waals surface area contributed by atoms with Crippen molar-refractivity contribution in [2.75, 3.05) is 0 Å². The Labute approximate surface area is 131 Å². The van der Waals surface area contributed by atoms with Gasteiger partial charge in [-0.15, -0.1) is 0 Å². The van der Waals surface area contributed by atoms with Gasteiger partial charge in [-0.25, -0.2) is 4.39 Å². The summed E-state index contributed by atoms with van der Waals surface area (Å²) in [5.74, 6) is -0.209. The standard InChI is InChI=1S/C17H27BrFN/c1-2-3-4-5-6-7-8-9-13-16(20)14-11-10-12-15(18)17(14)19/h10-12,16H,2-9,13,20H2,1H3. The SMILES string of the molecule is CCCCCCCCCCC(N)c1cccc(Br)c1F. The lowest BCUT2D eigenvalue weighted by atomic mass is 10.00. The Hall–Kier alpha value is -0.410. The summed E-state index contributed by atoms with van der Waals surface area (Å²) in [5, 5.41) is 0. The third-order valence-electron chi connectivity index (χ3n) is 3.75. The molecular weight excluding hydrogens is 317 g/mol. The van der Waals surface area contributed by atoms with Crippen LogP contribution in [0.3, 0.4) is 0 Å². The Balaban J connectivity index is 2.17. The van der Waals surface area contributed by atoms with Crippen molar-refractivity contribution in [1.29, 1.82) is 0 Å².